The third-order valence-electron chi connectivity index (χ3n) is 2.57. The van der Waals surface area contributed by atoms with Crippen LogP contribution in [0.4, 0.5) is 5.88 Å². The third-order valence-corrected chi connectivity index (χ3v) is 4.44. The summed E-state index contributed by atoms with van der Waals surface area (Å²) in [6.45, 7) is 1.36. The SMILES string of the molecule is CN(CCOCCO)c1cc(=O)c2scc(Br)c2o1. The first-order valence-electron chi connectivity index (χ1n) is 5.74. The lowest BCUT2D eigenvalue weighted by molar-refractivity contribution is 0.0968. The summed E-state index contributed by atoms with van der Waals surface area (Å²) in [5.41, 5.74) is 0.533. The van der Waals surface area contributed by atoms with Gasteiger partial charge in [-0.3, -0.25) is 4.79 Å². The molecule has 0 fully saturated rings. The van der Waals surface area contributed by atoms with Crippen molar-refractivity contribution in [3.63, 3.8) is 0 Å². The average Bonchev–Trinajstić information content (AvgIpc) is 2.77. The quantitative estimate of drug-likeness (QED) is 0.810. The second-order valence-corrected chi connectivity index (χ2v) is 5.68. The van der Waals surface area contributed by atoms with E-state index in [1.54, 1.807) is 0 Å². The van der Waals surface area contributed by atoms with E-state index < -0.39 is 0 Å². The monoisotopic (exact) mass is 347 g/mol. The number of rotatable bonds is 6. The van der Waals surface area contributed by atoms with E-state index in [0.717, 1.165) is 4.47 Å². The number of halogens is 1. The Morgan fingerprint density at radius 2 is 2.32 bits per heavy atom. The highest BCUT2D eigenvalue weighted by Crippen LogP contribution is 2.30. The Kier molecular flexibility index (Phi) is 4.98. The van der Waals surface area contributed by atoms with Crippen LogP contribution < -0.4 is 10.3 Å². The summed E-state index contributed by atoms with van der Waals surface area (Å²) in [5, 5.41) is 10.4. The fraction of sp³-hybridized carbons (Fsp3) is 0.417. The molecule has 5 nitrogen and oxygen atoms in total. The van der Waals surface area contributed by atoms with Gasteiger partial charge in [0.15, 0.2) is 11.5 Å². The number of hydrogen-bond acceptors (Lipinski definition) is 6. The Bertz CT molecular complexity index is 609. The van der Waals surface area contributed by atoms with Crippen LogP contribution in [0, 0.1) is 0 Å². The predicted molar refractivity (Wildman–Crippen MR) is 79.2 cm³/mol. The highest BCUT2D eigenvalue weighted by Gasteiger charge is 2.12. The molecular formula is C12H14BrNO4S. The largest absolute Gasteiger partial charge is 0.438 e. The standard InChI is InChI=1S/C12H14BrNO4S/c1-14(2-4-17-5-3-15)10-6-9(16)12-11(18-10)8(13)7-19-12/h6-7,15H,2-5H2,1H3. The molecule has 0 spiro atoms. The normalized spacial score (nSPS) is 11.1. The molecule has 19 heavy (non-hydrogen) atoms. The summed E-state index contributed by atoms with van der Waals surface area (Å²) in [4.78, 5) is 13.7. The van der Waals surface area contributed by atoms with Crippen LogP contribution in [0.15, 0.2) is 25.1 Å². The first kappa shape index (κ1) is 14.5. The van der Waals surface area contributed by atoms with Gasteiger partial charge < -0.3 is 19.2 Å². The molecule has 1 N–H and O–H groups in total. The highest BCUT2D eigenvalue weighted by molar-refractivity contribution is 9.10. The minimum absolute atomic E-state index is 0.00655. The Balaban J connectivity index is 2.15. The first-order chi connectivity index (χ1) is 9.13. The predicted octanol–water partition coefficient (Wildman–Crippen LogP) is 2.06. The fourth-order valence-corrected chi connectivity index (χ4v) is 3.02. The molecule has 0 aliphatic carbocycles. The van der Waals surface area contributed by atoms with E-state index >= 15 is 0 Å². The molecule has 0 amide bonds. The number of ether oxygens (including phenoxy) is 1. The van der Waals surface area contributed by atoms with E-state index in [2.05, 4.69) is 15.9 Å². The van der Waals surface area contributed by atoms with Gasteiger partial charge in [-0.25, -0.2) is 0 Å². The van der Waals surface area contributed by atoms with Crippen molar-refractivity contribution in [2.24, 2.45) is 0 Å². The zero-order valence-corrected chi connectivity index (χ0v) is 12.8. The van der Waals surface area contributed by atoms with Gasteiger partial charge >= 0.3 is 0 Å². The molecule has 0 saturated carbocycles. The number of thiophene rings is 1. The van der Waals surface area contributed by atoms with Crippen molar-refractivity contribution in [1.82, 2.24) is 0 Å². The van der Waals surface area contributed by atoms with Gasteiger partial charge in [-0.05, 0) is 15.9 Å². The first-order valence-corrected chi connectivity index (χ1v) is 7.41. The van der Waals surface area contributed by atoms with Gasteiger partial charge in [-0.2, -0.15) is 0 Å². The van der Waals surface area contributed by atoms with Crippen LogP contribution in [0.25, 0.3) is 10.3 Å². The summed E-state index contributed by atoms with van der Waals surface area (Å²) >= 11 is 4.73. The van der Waals surface area contributed by atoms with Crippen LogP contribution in [0.1, 0.15) is 0 Å². The van der Waals surface area contributed by atoms with Crippen LogP contribution in [-0.4, -0.2) is 38.5 Å². The maximum atomic E-state index is 11.9. The van der Waals surface area contributed by atoms with Crippen molar-refractivity contribution in [3.8, 4) is 0 Å². The number of hydrogen-bond donors (Lipinski definition) is 1. The Hall–Kier alpha value is -0.890. The van der Waals surface area contributed by atoms with Crippen molar-refractivity contribution in [2.75, 3.05) is 38.3 Å². The molecule has 0 aliphatic rings. The van der Waals surface area contributed by atoms with E-state index in [9.17, 15) is 4.79 Å². The molecule has 0 aromatic carbocycles. The Morgan fingerprint density at radius 3 is 3.05 bits per heavy atom. The summed E-state index contributed by atoms with van der Waals surface area (Å²) in [5.74, 6) is 0.504. The van der Waals surface area contributed by atoms with Gasteiger partial charge in [0.1, 0.15) is 4.70 Å². The zero-order chi connectivity index (χ0) is 13.8. The molecule has 2 aromatic rings. The van der Waals surface area contributed by atoms with Crippen LogP contribution in [-0.2, 0) is 4.74 Å². The molecule has 0 saturated heterocycles. The second-order valence-electron chi connectivity index (χ2n) is 3.95. The number of likely N-dealkylation sites (N-methyl/N-ethyl adjacent to an activating group) is 1. The van der Waals surface area contributed by atoms with Crippen LogP contribution in [0.5, 0.6) is 0 Å². The van der Waals surface area contributed by atoms with Gasteiger partial charge in [-0.15, -0.1) is 11.3 Å². The molecule has 0 unspecified atom stereocenters. The molecule has 104 valence electrons. The molecule has 0 radical (unpaired) electrons. The maximum absolute atomic E-state index is 11.9. The van der Waals surface area contributed by atoms with Gasteiger partial charge in [0.25, 0.3) is 0 Å². The number of nitrogens with zero attached hydrogens (tertiary/aromatic N) is 1. The lowest BCUT2D eigenvalue weighted by atomic mass is 10.4. The molecule has 0 bridgehead atoms. The Labute approximate surface area is 122 Å². The summed E-state index contributed by atoms with van der Waals surface area (Å²) in [6, 6.07) is 1.48. The van der Waals surface area contributed by atoms with Crippen molar-refractivity contribution < 1.29 is 14.3 Å². The number of anilines is 1. The van der Waals surface area contributed by atoms with Crippen LogP contribution in [0.3, 0.4) is 0 Å². The highest BCUT2D eigenvalue weighted by atomic mass is 79.9. The molecular weight excluding hydrogens is 334 g/mol. The summed E-state index contributed by atoms with van der Waals surface area (Å²) < 4.78 is 12.3. The minimum atomic E-state index is -0.0462. The summed E-state index contributed by atoms with van der Waals surface area (Å²) in [6.07, 6.45) is 0. The van der Waals surface area contributed by atoms with Gasteiger partial charge in [0.05, 0.1) is 24.3 Å². The van der Waals surface area contributed by atoms with E-state index in [4.69, 9.17) is 14.3 Å². The van der Waals surface area contributed by atoms with Crippen molar-refractivity contribution >= 4 is 43.4 Å². The number of aliphatic hydroxyl groups excluding tert-OH is 1. The van der Waals surface area contributed by atoms with Gasteiger partial charge in [0, 0.05) is 25.0 Å². The minimum Gasteiger partial charge on any atom is -0.438 e. The molecule has 7 heteroatoms. The number of aliphatic hydroxyl groups is 1. The van der Waals surface area contributed by atoms with E-state index in [-0.39, 0.29) is 12.0 Å². The molecule has 2 rings (SSSR count). The third kappa shape index (κ3) is 3.36. The molecule has 2 aromatic heterocycles. The molecule has 2 heterocycles. The Morgan fingerprint density at radius 1 is 1.53 bits per heavy atom. The molecule has 0 atom stereocenters. The van der Waals surface area contributed by atoms with Gasteiger partial charge in [0.2, 0.25) is 5.43 Å². The van der Waals surface area contributed by atoms with Gasteiger partial charge in [-0.1, -0.05) is 0 Å². The van der Waals surface area contributed by atoms with Crippen LogP contribution >= 0.6 is 27.3 Å². The average molecular weight is 348 g/mol. The van der Waals surface area contributed by atoms with Crippen molar-refractivity contribution in [1.29, 1.82) is 0 Å². The van der Waals surface area contributed by atoms with E-state index in [1.165, 1.54) is 17.4 Å². The lowest BCUT2D eigenvalue weighted by Crippen LogP contribution is -2.24. The second kappa shape index (κ2) is 6.51. The molecule has 0 aliphatic heterocycles. The van der Waals surface area contributed by atoms with Crippen LogP contribution in [0.2, 0.25) is 0 Å². The van der Waals surface area contributed by atoms with Crippen molar-refractivity contribution in [2.45, 2.75) is 0 Å². The van der Waals surface area contributed by atoms with E-state index in [0.29, 0.717) is 35.9 Å². The zero-order valence-electron chi connectivity index (χ0n) is 10.4. The maximum Gasteiger partial charge on any atom is 0.204 e. The summed E-state index contributed by atoms with van der Waals surface area (Å²) in [7, 11) is 1.83. The smallest absolute Gasteiger partial charge is 0.204 e. The van der Waals surface area contributed by atoms with Crippen molar-refractivity contribution in [3.05, 3.63) is 26.1 Å². The topological polar surface area (TPSA) is 62.9 Å². The number of fused-ring (bicyclic) bond motifs is 1. The lowest BCUT2D eigenvalue weighted by Gasteiger charge is -2.17. The fourth-order valence-electron chi connectivity index (χ4n) is 1.57. The van der Waals surface area contributed by atoms with E-state index in [1.807, 2.05) is 17.3 Å².